The van der Waals surface area contributed by atoms with Crippen molar-refractivity contribution in [3.05, 3.63) is 132 Å². The first-order valence-corrected chi connectivity index (χ1v) is 15.1. The number of fused-ring (bicyclic) bond motifs is 5. The third kappa shape index (κ3) is 3.84. The molecule has 0 saturated carbocycles. The van der Waals surface area contributed by atoms with E-state index in [0.29, 0.717) is 22.5 Å². The SMILES string of the molecule is Cc1c(-c2c3c4ccc(-c5oc6ccccc6c5F)cc4n(-c4ccccc4)c3cc[n+]2C)cc(C(C)C)c2ccccc12. The molecule has 0 atom stereocenters. The molecule has 0 spiro atoms. The van der Waals surface area contributed by atoms with Gasteiger partial charge < -0.3 is 8.98 Å². The van der Waals surface area contributed by atoms with Crippen molar-refractivity contribution < 1.29 is 13.4 Å². The first-order chi connectivity index (χ1) is 21.4. The third-order valence-corrected chi connectivity index (χ3v) is 9.09. The second-order valence-electron chi connectivity index (χ2n) is 12.0. The lowest BCUT2D eigenvalue weighted by Gasteiger charge is -2.16. The Bertz CT molecular complexity index is 2400. The van der Waals surface area contributed by atoms with Gasteiger partial charge in [0, 0.05) is 22.7 Å². The molecule has 0 fully saturated rings. The minimum Gasteiger partial charge on any atom is -0.453 e. The fourth-order valence-corrected chi connectivity index (χ4v) is 6.94. The average Bonchev–Trinajstić information content (AvgIpc) is 3.56. The molecule has 0 aliphatic heterocycles. The second-order valence-corrected chi connectivity index (χ2v) is 12.0. The lowest BCUT2D eigenvalue weighted by molar-refractivity contribution is -0.659. The zero-order valence-corrected chi connectivity index (χ0v) is 25.2. The molecule has 5 aromatic carbocycles. The van der Waals surface area contributed by atoms with Crippen LogP contribution >= 0.6 is 0 Å². The van der Waals surface area contributed by atoms with Gasteiger partial charge in [-0.3, -0.25) is 0 Å². The van der Waals surface area contributed by atoms with Gasteiger partial charge in [0.1, 0.15) is 12.6 Å². The van der Waals surface area contributed by atoms with Gasteiger partial charge in [0.2, 0.25) is 5.69 Å². The van der Waals surface area contributed by atoms with Crippen LogP contribution in [0.15, 0.2) is 120 Å². The number of halogens is 1. The summed E-state index contributed by atoms with van der Waals surface area (Å²) in [6.07, 6.45) is 2.15. The van der Waals surface area contributed by atoms with Gasteiger partial charge in [-0.1, -0.05) is 80.6 Å². The fourth-order valence-electron chi connectivity index (χ4n) is 6.94. The Hall–Kier alpha value is -5.22. The molecule has 0 N–H and O–H groups in total. The van der Waals surface area contributed by atoms with E-state index in [1.54, 1.807) is 6.07 Å². The maximum absolute atomic E-state index is 15.7. The Morgan fingerprint density at radius 3 is 2.18 bits per heavy atom. The first kappa shape index (κ1) is 26.4. The van der Waals surface area contributed by atoms with E-state index in [4.69, 9.17) is 4.42 Å². The smallest absolute Gasteiger partial charge is 0.222 e. The summed E-state index contributed by atoms with van der Waals surface area (Å²) in [5.41, 5.74) is 9.38. The summed E-state index contributed by atoms with van der Waals surface area (Å²) in [6.45, 7) is 6.77. The topological polar surface area (TPSA) is 21.9 Å². The quantitative estimate of drug-likeness (QED) is 0.191. The zero-order valence-electron chi connectivity index (χ0n) is 25.2. The van der Waals surface area contributed by atoms with Gasteiger partial charge in [-0.05, 0) is 71.1 Å². The Morgan fingerprint density at radius 1 is 0.727 bits per heavy atom. The van der Waals surface area contributed by atoms with Crippen molar-refractivity contribution in [1.29, 1.82) is 0 Å². The normalized spacial score (nSPS) is 12.0. The summed E-state index contributed by atoms with van der Waals surface area (Å²) in [4.78, 5) is 0. The highest BCUT2D eigenvalue weighted by molar-refractivity contribution is 6.15. The molecule has 0 saturated heterocycles. The predicted octanol–water partition coefficient (Wildman–Crippen LogP) is 10.4. The molecular formula is C40H32FN2O+. The van der Waals surface area contributed by atoms with E-state index in [-0.39, 0.29) is 11.6 Å². The van der Waals surface area contributed by atoms with Gasteiger partial charge in [-0.15, -0.1) is 0 Å². The molecule has 214 valence electrons. The van der Waals surface area contributed by atoms with Gasteiger partial charge >= 0.3 is 0 Å². The Kier molecular flexibility index (Phi) is 5.95. The third-order valence-electron chi connectivity index (χ3n) is 9.09. The molecule has 0 aliphatic carbocycles. The van der Waals surface area contributed by atoms with E-state index in [2.05, 4.69) is 116 Å². The molecule has 3 nitrogen and oxygen atoms in total. The molecule has 3 heterocycles. The summed E-state index contributed by atoms with van der Waals surface area (Å²) in [7, 11) is 2.13. The highest BCUT2D eigenvalue weighted by Gasteiger charge is 2.27. The number of para-hydroxylation sites is 2. The lowest BCUT2D eigenvalue weighted by Crippen LogP contribution is -2.30. The van der Waals surface area contributed by atoms with Crippen LogP contribution in [0.1, 0.15) is 30.9 Å². The number of aromatic nitrogens is 2. The molecule has 8 aromatic rings. The Balaban J connectivity index is 1.49. The van der Waals surface area contributed by atoms with Crippen LogP contribution < -0.4 is 4.57 Å². The maximum Gasteiger partial charge on any atom is 0.222 e. The average molecular weight is 576 g/mol. The summed E-state index contributed by atoms with van der Waals surface area (Å²) in [5.74, 6) is 0.300. The minimum absolute atomic E-state index is 0.260. The van der Waals surface area contributed by atoms with E-state index in [0.717, 1.165) is 27.8 Å². The van der Waals surface area contributed by atoms with Crippen LogP contribution in [0.3, 0.4) is 0 Å². The van der Waals surface area contributed by atoms with Crippen molar-refractivity contribution >= 4 is 43.5 Å². The van der Waals surface area contributed by atoms with E-state index >= 15 is 4.39 Å². The summed E-state index contributed by atoms with van der Waals surface area (Å²) < 4.78 is 26.3. The summed E-state index contributed by atoms with van der Waals surface area (Å²) in [6, 6.07) is 37.2. The molecule has 0 unspecified atom stereocenters. The molecular weight excluding hydrogens is 543 g/mol. The van der Waals surface area contributed by atoms with Crippen LogP contribution in [0.2, 0.25) is 0 Å². The number of pyridine rings is 1. The van der Waals surface area contributed by atoms with Crippen LogP contribution in [0.5, 0.6) is 0 Å². The first-order valence-electron chi connectivity index (χ1n) is 15.1. The predicted molar refractivity (Wildman–Crippen MR) is 179 cm³/mol. The van der Waals surface area contributed by atoms with Crippen LogP contribution in [-0.4, -0.2) is 4.57 Å². The number of aryl methyl sites for hydroxylation is 2. The van der Waals surface area contributed by atoms with Gasteiger partial charge in [0.15, 0.2) is 17.8 Å². The lowest BCUT2D eigenvalue weighted by atomic mass is 9.88. The molecule has 0 bridgehead atoms. The Labute approximate surface area is 255 Å². The van der Waals surface area contributed by atoms with Crippen molar-refractivity contribution in [1.82, 2.24) is 4.57 Å². The van der Waals surface area contributed by atoms with Gasteiger partial charge in [0.25, 0.3) is 0 Å². The summed E-state index contributed by atoms with van der Waals surface area (Å²) in [5, 5.41) is 5.35. The zero-order chi connectivity index (χ0) is 30.1. The largest absolute Gasteiger partial charge is 0.453 e. The van der Waals surface area contributed by atoms with Crippen molar-refractivity contribution in [2.45, 2.75) is 26.7 Å². The van der Waals surface area contributed by atoms with Gasteiger partial charge in [0.05, 0.1) is 27.4 Å². The van der Waals surface area contributed by atoms with E-state index in [1.807, 2.05) is 30.3 Å². The molecule has 0 radical (unpaired) electrons. The van der Waals surface area contributed by atoms with Crippen molar-refractivity contribution in [2.24, 2.45) is 7.05 Å². The molecule has 0 amide bonds. The highest BCUT2D eigenvalue weighted by atomic mass is 19.1. The highest BCUT2D eigenvalue weighted by Crippen LogP contribution is 2.42. The summed E-state index contributed by atoms with van der Waals surface area (Å²) >= 11 is 0. The van der Waals surface area contributed by atoms with Crippen molar-refractivity contribution in [3.8, 4) is 28.3 Å². The number of benzene rings is 5. The number of furan rings is 1. The van der Waals surface area contributed by atoms with Gasteiger partial charge in [-0.25, -0.2) is 8.96 Å². The van der Waals surface area contributed by atoms with Crippen molar-refractivity contribution in [3.63, 3.8) is 0 Å². The van der Waals surface area contributed by atoms with Crippen LogP contribution in [0.25, 0.3) is 71.8 Å². The molecule has 3 aromatic heterocycles. The molecule has 44 heavy (non-hydrogen) atoms. The molecule has 4 heteroatoms. The number of hydrogen-bond acceptors (Lipinski definition) is 1. The number of nitrogens with zero attached hydrogens (tertiary/aromatic N) is 2. The maximum atomic E-state index is 15.7. The number of hydrogen-bond donors (Lipinski definition) is 0. The van der Waals surface area contributed by atoms with Gasteiger partial charge in [-0.2, -0.15) is 0 Å². The van der Waals surface area contributed by atoms with Crippen LogP contribution in [0, 0.1) is 12.7 Å². The fraction of sp³-hybridized carbons (Fsp3) is 0.125. The van der Waals surface area contributed by atoms with Crippen molar-refractivity contribution in [2.75, 3.05) is 0 Å². The Morgan fingerprint density at radius 2 is 1.43 bits per heavy atom. The minimum atomic E-state index is -0.331. The monoisotopic (exact) mass is 575 g/mol. The molecule has 0 aliphatic rings. The second kappa shape index (κ2) is 9.92. The van der Waals surface area contributed by atoms with E-state index in [9.17, 15) is 0 Å². The van der Waals surface area contributed by atoms with E-state index < -0.39 is 0 Å². The van der Waals surface area contributed by atoms with E-state index in [1.165, 1.54) is 32.8 Å². The number of rotatable bonds is 4. The van der Waals surface area contributed by atoms with Crippen LogP contribution in [0.4, 0.5) is 4.39 Å². The molecule has 8 rings (SSSR count). The standard InChI is InChI=1S/C40H32FN2O/c1-24(2)32-23-33(25(3)28-14-8-9-15-29(28)32)39-37-30-19-18-26(40-38(41)31-16-10-11-17-36(31)44-40)22-35(30)43(27-12-6-5-7-13-27)34(37)20-21-42(39)4/h5-24H,1-4H3/q+1. The van der Waals surface area contributed by atoms with Crippen LogP contribution in [-0.2, 0) is 7.05 Å².